The summed E-state index contributed by atoms with van der Waals surface area (Å²) in [5.41, 5.74) is 2.50. The van der Waals surface area contributed by atoms with Crippen LogP contribution in [-0.4, -0.2) is 16.7 Å². The SMILES string of the molecule is O=c1[nH]c2ccc(CC3(CO)CCC3)cc2o1. The Labute approximate surface area is 98.3 Å². The average Bonchev–Trinajstić information content (AvgIpc) is 2.63. The Morgan fingerprint density at radius 2 is 2.24 bits per heavy atom. The van der Waals surface area contributed by atoms with E-state index in [0.29, 0.717) is 5.58 Å². The molecule has 90 valence electrons. The predicted octanol–water partition coefficient (Wildman–Crippen LogP) is 1.83. The number of nitrogens with one attached hydrogen (secondary N) is 1. The Morgan fingerprint density at radius 3 is 2.88 bits per heavy atom. The van der Waals surface area contributed by atoms with Crippen LogP contribution in [0.4, 0.5) is 0 Å². The van der Waals surface area contributed by atoms with Crippen molar-refractivity contribution in [2.45, 2.75) is 25.7 Å². The zero-order valence-corrected chi connectivity index (χ0v) is 9.53. The van der Waals surface area contributed by atoms with Crippen LogP contribution >= 0.6 is 0 Å². The summed E-state index contributed by atoms with van der Waals surface area (Å²) in [5.74, 6) is -0.419. The lowest BCUT2D eigenvalue weighted by molar-refractivity contribution is 0.0450. The van der Waals surface area contributed by atoms with Crippen molar-refractivity contribution >= 4 is 11.1 Å². The van der Waals surface area contributed by atoms with E-state index in [1.165, 1.54) is 6.42 Å². The molecule has 1 aliphatic rings. The highest BCUT2D eigenvalue weighted by atomic mass is 16.4. The molecular weight excluding hydrogens is 218 g/mol. The van der Waals surface area contributed by atoms with Gasteiger partial charge in [0.15, 0.2) is 5.58 Å². The van der Waals surface area contributed by atoms with Crippen molar-refractivity contribution in [3.8, 4) is 0 Å². The van der Waals surface area contributed by atoms with Crippen molar-refractivity contribution in [2.24, 2.45) is 5.41 Å². The molecule has 4 heteroatoms. The molecule has 2 N–H and O–H groups in total. The fourth-order valence-electron chi connectivity index (χ4n) is 2.60. The van der Waals surface area contributed by atoms with Gasteiger partial charge in [0.1, 0.15) is 0 Å². The third-order valence-electron chi connectivity index (χ3n) is 3.81. The largest absolute Gasteiger partial charge is 0.417 e. The summed E-state index contributed by atoms with van der Waals surface area (Å²) < 4.78 is 5.03. The van der Waals surface area contributed by atoms with E-state index < -0.39 is 5.76 Å². The van der Waals surface area contributed by atoms with Crippen LogP contribution in [0.5, 0.6) is 0 Å². The van der Waals surface area contributed by atoms with Gasteiger partial charge < -0.3 is 9.52 Å². The van der Waals surface area contributed by atoms with E-state index in [2.05, 4.69) is 4.98 Å². The molecule has 1 fully saturated rings. The van der Waals surface area contributed by atoms with Crippen LogP contribution < -0.4 is 5.76 Å². The van der Waals surface area contributed by atoms with E-state index in [1.807, 2.05) is 18.2 Å². The molecule has 1 aliphatic carbocycles. The van der Waals surface area contributed by atoms with Gasteiger partial charge in [-0.05, 0) is 42.4 Å². The van der Waals surface area contributed by atoms with Crippen LogP contribution in [0.1, 0.15) is 24.8 Å². The lowest BCUT2D eigenvalue weighted by Gasteiger charge is -2.40. The Morgan fingerprint density at radius 1 is 1.41 bits per heavy atom. The van der Waals surface area contributed by atoms with Crippen LogP contribution in [0.3, 0.4) is 0 Å². The molecule has 1 aromatic heterocycles. The smallest absolute Gasteiger partial charge is 0.408 e. The molecule has 0 aliphatic heterocycles. The highest BCUT2D eigenvalue weighted by Gasteiger charge is 2.36. The van der Waals surface area contributed by atoms with Crippen molar-refractivity contribution in [1.82, 2.24) is 4.98 Å². The summed E-state index contributed by atoms with van der Waals surface area (Å²) in [6.45, 7) is 0.238. The number of rotatable bonds is 3. The van der Waals surface area contributed by atoms with E-state index in [4.69, 9.17) is 4.42 Å². The number of aromatic amines is 1. The molecule has 4 nitrogen and oxygen atoms in total. The van der Waals surface area contributed by atoms with Gasteiger partial charge >= 0.3 is 5.76 Å². The highest BCUT2D eigenvalue weighted by Crippen LogP contribution is 2.43. The topological polar surface area (TPSA) is 66.2 Å². The molecule has 0 spiro atoms. The third kappa shape index (κ3) is 1.78. The summed E-state index contributed by atoms with van der Waals surface area (Å²) >= 11 is 0. The van der Waals surface area contributed by atoms with Crippen molar-refractivity contribution in [3.05, 3.63) is 34.3 Å². The molecule has 3 rings (SSSR count). The van der Waals surface area contributed by atoms with Crippen molar-refractivity contribution in [3.63, 3.8) is 0 Å². The minimum atomic E-state index is -0.419. The number of hydrogen-bond donors (Lipinski definition) is 2. The first kappa shape index (κ1) is 10.6. The number of aliphatic hydroxyl groups is 1. The molecule has 0 amide bonds. The van der Waals surface area contributed by atoms with Crippen LogP contribution in [0.25, 0.3) is 11.1 Å². The van der Waals surface area contributed by atoms with Crippen molar-refractivity contribution < 1.29 is 9.52 Å². The van der Waals surface area contributed by atoms with E-state index in [9.17, 15) is 9.90 Å². The summed E-state index contributed by atoms with van der Waals surface area (Å²) in [4.78, 5) is 13.7. The van der Waals surface area contributed by atoms with Crippen molar-refractivity contribution in [1.29, 1.82) is 0 Å². The van der Waals surface area contributed by atoms with Crippen LogP contribution in [0.2, 0.25) is 0 Å². The molecule has 0 radical (unpaired) electrons. The molecule has 1 aromatic carbocycles. The zero-order valence-electron chi connectivity index (χ0n) is 9.53. The number of hydrogen-bond acceptors (Lipinski definition) is 3. The molecular formula is C13H15NO3. The molecule has 0 bridgehead atoms. The second kappa shape index (κ2) is 3.74. The zero-order chi connectivity index (χ0) is 11.9. The number of fused-ring (bicyclic) bond motifs is 1. The summed E-state index contributed by atoms with van der Waals surface area (Å²) in [5, 5.41) is 9.44. The van der Waals surface area contributed by atoms with Crippen LogP contribution in [0.15, 0.2) is 27.4 Å². The molecule has 0 saturated heterocycles. The summed E-state index contributed by atoms with van der Waals surface area (Å²) in [6, 6.07) is 5.74. The maximum absolute atomic E-state index is 11.0. The average molecular weight is 233 g/mol. The minimum absolute atomic E-state index is 0.0598. The number of H-pyrrole nitrogens is 1. The predicted molar refractivity (Wildman–Crippen MR) is 63.9 cm³/mol. The maximum Gasteiger partial charge on any atom is 0.417 e. The lowest BCUT2D eigenvalue weighted by atomic mass is 9.66. The lowest BCUT2D eigenvalue weighted by Crippen LogP contribution is -2.35. The van der Waals surface area contributed by atoms with Crippen LogP contribution in [-0.2, 0) is 6.42 Å². The normalized spacial score (nSPS) is 18.2. The van der Waals surface area contributed by atoms with Gasteiger partial charge in [-0.1, -0.05) is 12.5 Å². The van der Waals surface area contributed by atoms with Crippen LogP contribution in [0, 0.1) is 5.41 Å². The van der Waals surface area contributed by atoms with Gasteiger partial charge in [0.25, 0.3) is 0 Å². The number of benzene rings is 1. The second-order valence-electron chi connectivity index (χ2n) is 5.03. The Bertz CT molecular complexity index is 586. The fourth-order valence-corrected chi connectivity index (χ4v) is 2.60. The quantitative estimate of drug-likeness (QED) is 0.849. The van der Waals surface area contributed by atoms with Gasteiger partial charge in [0.2, 0.25) is 0 Å². The van der Waals surface area contributed by atoms with Gasteiger partial charge in [-0.15, -0.1) is 0 Å². The Balaban J connectivity index is 1.92. The molecule has 2 aromatic rings. The van der Waals surface area contributed by atoms with Gasteiger partial charge in [-0.3, -0.25) is 4.98 Å². The third-order valence-corrected chi connectivity index (χ3v) is 3.81. The van der Waals surface area contributed by atoms with E-state index in [-0.39, 0.29) is 12.0 Å². The van der Waals surface area contributed by atoms with E-state index in [1.54, 1.807) is 0 Å². The second-order valence-corrected chi connectivity index (χ2v) is 5.03. The first-order valence-electron chi connectivity index (χ1n) is 5.93. The van der Waals surface area contributed by atoms with E-state index in [0.717, 1.165) is 30.3 Å². The summed E-state index contributed by atoms with van der Waals surface area (Å²) in [7, 11) is 0. The van der Waals surface area contributed by atoms with Gasteiger partial charge in [0.05, 0.1) is 5.52 Å². The van der Waals surface area contributed by atoms with Gasteiger partial charge in [-0.2, -0.15) is 0 Å². The molecule has 17 heavy (non-hydrogen) atoms. The number of aromatic nitrogens is 1. The number of oxazole rings is 1. The minimum Gasteiger partial charge on any atom is -0.408 e. The maximum atomic E-state index is 11.0. The molecule has 1 heterocycles. The first-order valence-corrected chi connectivity index (χ1v) is 5.93. The van der Waals surface area contributed by atoms with E-state index >= 15 is 0 Å². The van der Waals surface area contributed by atoms with Gasteiger partial charge in [-0.25, -0.2) is 4.79 Å². The highest BCUT2D eigenvalue weighted by molar-refractivity contribution is 5.72. The molecule has 1 saturated carbocycles. The Hall–Kier alpha value is -1.55. The Kier molecular flexibility index (Phi) is 2.33. The molecule has 0 atom stereocenters. The first-order chi connectivity index (χ1) is 8.21. The summed E-state index contributed by atoms with van der Waals surface area (Å²) in [6.07, 6.45) is 4.22. The van der Waals surface area contributed by atoms with Crippen molar-refractivity contribution in [2.75, 3.05) is 6.61 Å². The standard InChI is InChI=1S/C13H15NO3/c15-8-13(4-1-5-13)7-9-2-3-10-11(6-9)17-12(16)14-10/h2-3,6,15H,1,4-5,7-8H2,(H,14,16). The molecule has 0 unspecified atom stereocenters. The monoisotopic (exact) mass is 233 g/mol. The number of aliphatic hydroxyl groups excluding tert-OH is 1. The van der Waals surface area contributed by atoms with Gasteiger partial charge in [0, 0.05) is 6.61 Å². The fraction of sp³-hybridized carbons (Fsp3) is 0.462.